The van der Waals surface area contributed by atoms with E-state index in [1.165, 1.54) is 37.4 Å². The normalized spacial score (nSPS) is 10.1. The van der Waals surface area contributed by atoms with Gasteiger partial charge in [-0.05, 0) is 24.3 Å². The molecule has 1 amide bonds. The van der Waals surface area contributed by atoms with Crippen molar-refractivity contribution in [2.75, 3.05) is 17.9 Å². The number of halogens is 2. The van der Waals surface area contributed by atoms with Crippen molar-refractivity contribution in [2.45, 2.75) is 0 Å². The number of anilines is 2. The van der Waals surface area contributed by atoms with Gasteiger partial charge in [0.1, 0.15) is 17.4 Å². The van der Waals surface area contributed by atoms with Crippen molar-refractivity contribution in [1.29, 1.82) is 0 Å². The third-order valence-corrected chi connectivity index (χ3v) is 2.81. The third kappa shape index (κ3) is 3.09. The number of nitrogens with one attached hydrogen (secondary N) is 2. The van der Waals surface area contributed by atoms with E-state index in [0.717, 1.165) is 6.07 Å². The third-order valence-electron chi connectivity index (χ3n) is 2.81. The first-order valence-corrected chi connectivity index (χ1v) is 5.97. The van der Waals surface area contributed by atoms with Crippen molar-refractivity contribution < 1.29 is 18.3 Å². The van der Waals surface area contributed by atoms with Gasteiger partial charge in [0.15, 0.2) is 0 Å². The summed E-state index contributed by atoms with van der Waals surface area (Å²) in [4.78, 5) is 12.2. The first-order chi connectivity index (χ1) is 10.1. The van der Waals surface area contributed by atoms with E-state index in [4.69, 9.17) is 10.6 Å². The number of hydrogen-bond donors (Lipinski definition) is 3. The second-order valence-corrected chi connectivity index (χ2v) is 4.11. The molecule has 0 aliphatic carbocycles. The molecule has 0 atom stereocenters. The van der Waals surface area contributed by atoms with Crippen LogP contribution in [0.5, 0.6) is 5.75 Å². The van der Waals surface area contributed by atoms with Gasteiger partial charge in [0.2, 0.25) is 0 Å². The molecule has 0 fully saturated rings. The summed E-state index contributed by atoms with van der Waals surface area (Å²) in [5.41, 5.74) is 2.29. The van der Waals surface area contributed by atoms with Crippen molar-refractivity contribution in [1.82, 2.24) is 0 Å². The summed E-state index contributed by atoms with van der Waals surface area (Å²) in [5.74, 6) is 3.61. The molecule has 0 saturated carbocycles. The summed E-state index contributed by atoms with van der Waals surface area (Å²) < 4.78 is 31.6. The molecule has 0 radical (unpaired) electrons. The van der Waals surface area contributed by atoms with Crippen LogP contribution in [-0.2, 0) is 0 Å². The lowest BCUT2D eigenvalue weighted by Gasteiger charge is -2.12. The van der Waals surface area contributed by atoms with Gasteiger partial charge in [0.05, 0.1) is 24.0 Å². The van der Waals surface area contributed by atoms with Gasteiger partial charge in [-0.1, -0.05) is 6.07 Å². The lowest BCUT2D eigenvalue weighted by Crippen LogP contribution is -2.18. The predicted octanol–water partition coefficient (Wildman–Crippen LogP) is 2.51. The van der Waals surface area contributed by atoms with Crippen molar-refractivity contribution in [2.24, 2.45) is 5.84 Å². The van der Waals surface area contributed by atoms with Crippen LogP contribution in [0.3, 0.4) is 0 Å². The second-order valence-electron chi connectivity index (χ2n) is 4.11. The van der Waals surface area contributed by atoms with E-state index in [1.54, 1.807) is 0 Å². The maximum absolute atomic E-state index is 13.6. The summed E-state index contributed by atoms with van der Waals surface area (Å²) >= 11 is 0. The Morgan fingerprint density at radius 3 is 2.67 bits per heavy atom. The molecular formula is C14H13F2N3O2. The molecule has 0 aliphatic rings. The molecular weight excluding hydrogens is 280 g/mol. The fourth-order valence-electron chi connectivity index (χ4n) is 1.82. The maximum Gasteiger partial charge on any atom is 0.258 e. The van der Waals surface area contributed by atoms with E-state index in [2.05, 4.69) is 10.7 Å². The van der Waals surface area contributed by atoms with Crippen LogP contribution in [0.4, 0.5) is 20.2 Å². The van der Waals surface area contributed by atoms with E-state index in [1.807, 2.05) is 0 Å². The molecule has 0 saturated heterocycles. The quantitative estimate of drug-likeness (QED) is 0.598. The summed E-state index contributed by atoms with van der Waals surface area (Å²) in [5, 5.41) is 2.51. The molecule has 2 aromatic rings. The Morgan fingerprint density at radius 2 is 2.00 bits per heavy atom. The number of hydrazine groups is 1. The molecule has 0 aliphatic heterocycles. The number of nitrogens with two attached hydrogens (primary N) is 1. The number of ether oxygens (including phenoxy) is 1. The number of benzene rings is 2. The first kappa shape index (κ1) is 14.7. The maximum atomic E-state index is 13.6. The smallest absolute Gasteiger partial charge is 0.258 e. The number of rotatable bonds is 4. The Labute approximate surface area is 119 Å². The highest BCUT2D eigenvalue weighted by Gasteiger charge is 2.16. The molecule has 21 heavy (non-hydrogen) atoms. The standard InChI is InChI=1S/C14H13F2N3O2/c1-21-12-7-8(15)5-6-11(12)18-14(20)9-3-2-4-10(16)13(9)19-17/h2-7,19H,17H2,1H3,(H,18,20). The van der Waals surface area contributed by atoms with Crippen LogP contribution >= 0.6 is 0 Å². The second kappa shape index (κ2) is 6.19. The lowest BCUT2D eigenvalue weighted by atomic mass is 10.1. The lowest BCUT2D eigenvalue weighted by molar-refractivity contribution is 0.102. The number of carbonyl (C=O) groups excluding carboxylic acids is 1. The largest absolute Gasteiger partial charge is 0.494 e. The summed E-state index contributed by atoms with van der Waals surface area (Å²) in [6, 6.07) is 7.61. The minimum atomic E-state index is -0.656. The fraction of sp³-hybridized carbons (Fsp3) is 0.0714. The Balaban J connectivity index is 2.33. The van der Waals surface area contributed by atoms with Gasteiger partial charge in [-0.3, -0.25) is 10.6 Å². The number of para-hydroxylation sites is 1. The van der Waals surface area contributed by atoms with Crippen LogP contribution in [0.1, 0.15) is 10.4 Å². The minimum Gasteiger partial charge on any atom is -0.494 e. The van der Waals surface area contributed by atoms with E-state index in [9.17, 15) is 13.6 Å². The molecule has 0 spiro atoms. The molecule has 7 heteroatoms. The van der Waals surface area contributed by atoms with Crippen molar-refractivity contribution in [3.8, 4) is 5.75 Å². The molecule has 4 N–H and O–H groups in total. The van der Waals surface area contributed by atoms with Gasteiger partial charge in [-0.15, -0.1) is 0 Å². The van der Waals surface area contributed by atoms with Crippen LogP contribution in [0.15, 0.2) is 36.4 Å². The number of amides is 1. The van der Waals surface area contributed by atoms with Gasteiger partial charge in [-0.2, -0.15) is 0 Å². The summed E-state index contributed by atoms with van der Waals surface area (Å²) in [6.07, 6.45) is 0. The number of carbonyl (C=O) groups is 1. The van der Waals surface area contributed by atoms with E-state index in [0.29, 0.717) is 0 Å². The molecule has 0 heterocycles. The highest BCUT2D eigenvalue weighted by atomic mass is 19.1. The fourth-order valence-corrected chi connectivity index (χ4v) is 1.82. The molecule has 5 nitrogen and oxygen atoms in total. The van der Waals surface area contributed by atoms with Crippen molar-refractivity contribution in [3.05, 3.63) is 53.6 Å². The highest BCUT2D eigenvalue weighted by molar-refractivity contribution is 6.08. The average Bonchev–Trinajstić information content (AvgIpc) is 2.48. The first-order valence-electron chi connectivity index (χ1n) is 5.97. The van der Waals surface area contributed by atoms with Gasteiger partial charge >= 0.3 is 0 Å². The van der Waals surface area contributed by atoms with Crippen LogP contribution < -0.4 is 21.3 Å². The van der Waals surface area contributed by atoms with E-state index in [-0.39, 0.29) is 22.7 Å². The van der Waals surface area contributed by atoms with Gasteiger partial charge < -0.3 is 15.5 Å². The zero-order valence-electron chi connectivity index (χ0n) is 11.1. The van der Waals surface area contributed by atoms with E-state index < -0.39 is 17.5 Å². The highest BCUT2D eigenvalue weighted by Crippen LogP contribution is 2.27. The predicted molar refractivity (Wildman–Crippen MR) is 75.1 cm³/mol. The van der Waals surface area contributed by atoms with Crippen molar-refractivity contribution in [3.63, 3.8) is 0 Å². The molecule has 2 aromatic carbocycles. The zero-order chi connectivity index (χ0) is 15.4. The van der Waals surface area contributed by atoms with Crippen molar-refractivity contribution >= 4 is 17.3 Å². The van der Waals surface area contributed by atoms with Crippen LogP contribution in [0.2, 0.25) is 0 Å². The zero-order valence-corrected chi connectivity index (χ0v) is 11.1. The molecule has 0 bridgehead atoms. The molecule has 2 rings (SSSR count). The monoisotopic (exact) mass is 293 g/mol. The average molecular weight is 293 g/mol. The number of nitrogen functional groups attached to an aromatic ring is 1. The Kier molecular flexibility index (Phi) is 4.34. The van der Waals surface area contributed by atoms with E-state index >= 15 is 0 Å². The SMILES string of the molecule is COc1cc(F)ccc1NC(=O)c1cccc(F)c1NN. The Bertz CT molecular complexity index is 677. The molecule has 0 unspecified atom stereocenters. The Hall–Kier alpha value is -2.67. The summed E-state index contributed by atoms with van der Waals surface area (Å²) in [7, 11) is 1.35. The number of methoxy groups -OCH3 is 1. The van der Waals surface area contributed by atoms with Gasteiger partial charge in [-0.25, -0.2) is 8.78 Å². The number of hydrogen-bond acceptors (Lipinski definition) is 4. The Morgan fingerprint density at radius 1 is 1.24 bits per heavy atom. The summed E-state index contributed by atoms with van der Waals surface area (Å²) in [6.45, 7) is 0. The minimum absolute atomic E-state index is 0.0175. The topological polar surface area (TPSA) is 76.4 Å². The van der Waals surface area contributed by atoms with Crippen LogP contribution in [0.25, 0.3) is 0 Å². The van der Waals surface area contributed by atoms with Gasteiger partial charge in [0.25, 0.3) is 5.91 Å². The molecule has 110 valence electrons. The van der Waals surface area contributed by atoms with Gasteiger partial charge in [0, 0.05) is 6.07 Å². The molecule has 0 aromatic heterocycles. The van der Waals surface area contributed by atoms with Crippen LogP contribution in [-0.4, -0.2) is 13.0 Å². The van der Waals surface area contributed by atoms with Crippen LogP contribution in [0, 0.1) is 11.6 Å².